The topological polar surface area (TPSA) is 124 Å². The number of halogens is 2. The van der Waals surface area contributed by atoms with Crippen molar-refractivity contribution in [3.63, 3.8) is 0 Å². The number of nitrogens with two attached hydrogens (primary N) is 1. The first-order valence-electron chi connectivity index (χ1n) is 16.9. The van der Waals surface area contributed by atoms with Crippen LogP contribution in [0.5, 0.6) is 6.01 Å². The van der Waals surface area contributed by atoms with Gasteiger partial charge in [-0.15, -0.1) is 11.3 Å². The number of aliphatic hydroxyl groups is 1. The van der Waals surface area contributed by atoms with Crippen molar-refractivity contribution >= 4 is 43.1 Å². The molecule has 0 aliphatic carbocycles. The minimum atomic E-state index is -0.900. The number of likely N-dealkylation sites (tertiary alicyclic amines) is 1. The third kappa shape index (κ3) is 4.53. The quantitative estimate of drug-likeness (QED) is 0.285. The lowest BCUT2D eigenvalue weighted by Gasteiger charge is -2.42. The fraction of sp³-hybridized carbons (Fsp3) is 0.514. The number of thiophene rings is 1. The van der Waals surface area contributed by atoms with Crippen molar-refractivity contribution in [1.29, 1.82) is 5.26 Å². The Kier molecular flexibility index (Phi) is 7.25. The number of aromatic nitrogens is 2. The second kappa shape index (κ2) is 11.5. The van der Waals surface area contributed by atoms with Gasteiger partial charge < -0.3 is 25.2 Å². The Morgan fingerprint density at radius 3 is 2.75 bits per heavy atom. The Labute approximate surface area is 280 Å². The summed E-state index contributed by atoms with van der Waals surface area (Å²) in [5, 5.41) is 21.3. The molecule has 2 unspecified atom stereocenters. The second-order valence-electron chi connectivity index (χ2n) is 14.0. The van der Waals surface area contributed by atoms with Crippen molar-refractivity contribution in [3.8, 4) is 23.2 Å². The number of hydrogen-bond acceptors (Lipinski definition) is 11. The molecule has 5 aliphatic heterocycles. The average molecular weight is 674 g/mol. The number of alkyl halides is 1. The summed E-state index contributed by atoms with van der Waals surface area (Å²) in [5.41, 5.74) is 8.85. The molecule has 0 amide bonds. The SMILES string of the molecule is N#Cc1c(N)sc2cccc(-c3c4c(c5c(N6C7CCC6CN(CCO)C7)nc(OC[C@@]67CCCN6C[C@H](F)C7)nc5c3F)COC4)c12. The first-order valence-corrected chi connectivity index (χ1v) is 17.7. The van der Waals surface area contributed by atoms with Crippen LogP contribution in [0.15, 0.2) is 18.2 Å². The number of benzene rings is 2. The molecule has 0 radical (unpaired) electrons. The van der Waals surface area contributed by atoms with Crippen LogP contribution in [0.4, 0.5) is 19.6 Å². The van der Waals surface area contributed by atoms with Gasteiger partial charge in [0.1, 0.15) is 35.2 Å². The van der Waals surface area contributed by atoms with E-state index in [4.69, 9.17) is 25.2 Å². The summed E-state index contributed by atoms with van der Waals surface area (Å²) >= 11 is 1.31. The Morgan fingerprint density at radius 2 is 1.96 bits per heavy atom. The minimum absolute atomic E-state index is 0.0811. The summed E-state index contributed by atoms with van der Waals surface area (Å²) in [5.74, 6) is 0.130. The molecule has 4 atom stereocenters. The summed E-state index contributed by atoms with van der Waals surface area (Å²) in [7, 11) is 0. The molecule has 0 spiro atoms. The number of β-amino-alcohol motifs (C(OH)–C–C–N with tert-alkyl or cyclic N) is 1. The van der Waals surface area contributed by atoms with E-state index in [-0.39, 0.29) is 50.0 Å². The highest BCUT2D eigenvalue weighted by molar-refractivity contribution is 7.23. The zero-order valence-corrected chi connectivity index (χ0v) is 27.4. The molecule has 9 rings (SSSR count). The molecule has 4 fully saturated rings. The molecular weight excluding hydrogens is 636 g/mol. The Balaban J connectivity index is 1.24. The van der Waals surface area contributed by atoms with E-state index in [1.807, 2.05) is 18.2 Å². The van der Waals surface area contributed by atoms with Crippen molar-refractivity contribution in [3.05, 3.63) is 40.7 Å². The van der Waals surface area contributed by atoms with Gasteiger partial charge in [-0.3, -0.25) is 9.80 Å². The molecule has 10 nitrogen and oxygen atoms in total. The van der Waals surface area contributed by atoms with Gasteiger partial charge in [0.15, 0.2) is 5.82 Å². The van der Waals surface area contributed by atoms with Crippen LogP contribution in [0.2, 0.25) is 0 Å². The maximum absolute atomic E-state index is 17.5. The van der Waals surface area contributed by atoms with Crippen molar-refractivity contribution in [2.24, 2.45) is 0 Å². The fourth-order valence-electron chi connectivity index (χ4n) is 9.32. The number of hydrogen-bond donors (Lipinski definition) is 2. The van der Waals surface area contributed by atoms with Crippen molar-refractivity contribution < 1.29 is 23.4 Å². The van der Waals surface area contributed by atoms with E-state index in [2.05, 4.69) is 20.8 Å². The number of nitrogens with zero attached hydrogens (tertiary/aromatic N) is 6. The standard InChI is InChI=1S/C35H37F2N7O3S/c36-19-11-35(7-2-8-43(35)13-19)18-47-34-40-31-29(33(41-34)44-20-5-6-21(44)15-42(14-20)9-10-45)25-17-46-16-24(25)28(30(31)37)22-3-1-4-26-27(22)23(12-38)32(39)48-26/h1,3-4,19-21,45H,2,5-11,13-18,39H2/t19-,20?,21?,35+/m1/s1. The lowest BCUT2D eigenvalue weighted by molar-refractivity contribution is 0.107. The van der Waals surface area contributed by atoms with Gasteiger partial charge in [-0.2, -0.15) is 15.2 Å². The van der Waals surface area contributed by atoms with Crippen LogP contribution in [0, 0.1) is 17.1 Å². The number of nitriles is 1. The van der Waals surface area contributed by atoms with E-state index in [9.17, 15) is 14.8 Å². The van der Waals surface area contributed by atoms with Gasteiger partial charge in [-0.1, -0.05) is 12.1 Å². The van der Waals surface area contributed by atoms with E-state index in [0.29, 0.717) is 57.8 Å². The monoisotopic (exact) mass is 673 g/mol. The maximum Gasteiger partial charge on any atom is 0.319 e. The molecule has 13 heteroatoms. The molecule has 2 bridgehead atoms. The number of ether oxygens (including phenoxy) is 2. The molecule has 4 aromatic rings. The molecule has 48 heavy (non-hydrogen) atoms. The van der Waals surface area contributed by atoms with Crippen LogP contribution in [-0.2, 0) is 18.0 Å². The molecule has 2 aromatic heterocycles. The van der Waals surface area contributed by atoms with Gasteiger partial charge in [0.25, 0.3) is 0 Å². The lowest BCUT2D eigenvalue weighted by atomic mass is 9.90. The number of fused-ring (bicyclic) bond motifs is 7. The predicted octanol–water partition coefficient (Wildman–Crippen LogP) is 4.74. The van der Waals surface area contributed by atoms with Crippen LogP contribution < -0.4 is 15.4 Å². The number of nitrogen functional groups attached to an aromatic ring is 1. The smallest absolute Gasteiger partial charge is 0.319 e. The normalized spacial score (nSPS) is 26.9. The molecule has 0 saturated carbocycles. The van der Waals surface area contributed by atoms with Gasteiger partial charge in [0, 0.05) is 60.3 Å². The lowest BCUT2D eigenvalue weighted by Crippen LogP contribution is -2.54. The van der Waals surface area contributed by atoms with Gasteiger partial charge >= 0.3 is 6.01 Å². The van der Waals surface area contributed by atoms with Crippen LogP contribution in [0.1, 0.15) is 48.8 Å². The predicted molar refractivity (Wildman–Crippen MR) is 179 cm³/mol. The van der Waals surface area contributed by atoms with E-state index in [1.54, 1.807) is 0 Å². The largest absolute Gasteiger partial charge is 0.461 e. The summed E-state index contributed by atoms with van der Waals surface area (Å²) < 4.78 is 45.3. The number of rotatable bonds is 7. The summed E-state index contributed by atoms with van der Waals surface area (Å²) in [4.78, 5) is 16.6. The molecule has 7 heterocycles. The Morgan fingerprint density at radius 1 is 1.15 bits per heavy atom. The molecule has 250 valence electrons. The minimum Gasteiger partial charge on any atom is -0.461 e. The molecule has 2 aromatic carbocycles. The first kappa shape index (κ1) is 30.4. The number of anilines is 2. The second-order valence-corrected chi connectivity index (χ2v) is 15.0. The average Bonchev–Trinajstić information content (AvgIpc) is 3.88. The fourth-order valence-corrected chi connectivity index (χ4v) is 10.3. The molecule has 4 saturated heterocycles. The van der Waals surface area contributed by atoms with Crippen molar-refractivity contribution in [2.75, 3.05) is 56.6 Å². The highest BCUT2D eigenvalue weighted by atomic mass is 32.1. The summed E-state index contributed by atoms with van der Waals surface area (Å²) in [6, 6.07) is 8.17. The first-order chi connectivity index (χ1) is 23.4. The molecule has 3 N–H and O–H groups in total. The third-order valence-electron chi connectivity index (χ3n) is 11.3. The van der Waals surface area contributed by atoms with Gasteiger partial charge in [0.2, 0.25) is 0 Å². The maximum atomic E-state index is 17.5. The zero-order chi connectivity index (χ0) is 32.7. The number of piperazine rings is 1. The van der Waals surface area contributed by atoms with Gasteiger partial charge in [0.05, 0.1) is 36.3 Å². The zero-order valence-electron chi connectivity index (χ0n) is 26.6. The van der Waals surface area contributed by atoms with Gasteiger partial charge in [-0.05, 0) is 55.0 Å². The van der Waals surface area contributed by atoms with E-state index < -0.39 is 17.5 Å². The molecular formula is C35H37F2N7O3S. The van der Waals surface area contributed by atoms with E-state index in [1.165, 1.54) is 11.3 Å². The van der Waals surface area contributed by atoms with E-state index >= 15 is 4.39 Å². The van der Waals surface area contributed by atoms with Crippen LogP contribution >= 0.6 is 11.3 Å². The highest BCUT2D eigenvalue weighted by Crippen LogP contribution is 2.48. The van der Waals surface area contributed by atoms with Crippen LogP contribution in [0.25, 0.3) is 32.1 Å². The Hall–Kier alpha value is -3.67. The highest BCUT2D eigenvalue weighted by Gasteiger charge is 2.50. The molecule has 5 aliphatic rings. The Bertz CT molecular complexity index is 1990. The van der Waals surface area contributed by atoms with E-state index in [0.717, 1.165) is 61.1 Å². The van der Waals surface area contributed by atoms with Crippen molar-refractivity contribution in [1.82, 2.24) is 19.8 Å². The number of aliphatic hydroxyl groups excluding tert-OH is 1. The summed E-state index contributed by atoms with van der Waals surface area (Å²) in [6.07, 6.45) is 3.24. The summed E-state index contributed by atoms with van der Waals surface area (Å²) in [6.45, 7) is 4.21. The van der Waals surface area contributed by atoms with Crippen LogP contribution in [-0.4, -0.2) is 94.6 Å². The van der Waals surface area contributed by atoms with Crippen LogP contribution in [0.3, 0.4) is 0 Å². The van der Waals surface area contributed by atoms with Gasteiger partial charge in [-0.25, -0.2) is 8.78 Å². The third-order valence-corrected chi connectivity index (χ3v) is 12.3. The van der Waals surface area contributed by atoms with Crippen molar-refractivity contribution in [2.45, 2.75) is 69.1 Å².